The summed E-state index contributed by atoms with van der Waals surface area (Å²) in [6.45, 7) is 7.48. The fourth-order valence-corrected chi connectivity index (χ4v) is 3.60. The summed E-state index contributed by atoms with van der Waals surface area (Å²) in [5.41, 5.74) is 1.79. The molecule has 1 amide bonds. The normalized spacial score (nSPS) is 15.6. The Balaban J connectivity index is 1.61. The standard InChI is InChI=1S/C27H35N3O6/c1-5-34-26(31)21-10-12-22(13-11-21)29-27(32)36-25-8-6-7-15-30(25)28-17-20-9-14-23(33-4)24(16-20)35-18-19(2)3/h9-14,16-17,19,25H,5-8,15,18H2,1-4H3,(H,29,32). The number of esters is 1. The van der Waals surface area contributed by atoms with Crippen LogP contribution in [0.3, 0.4) is 0 Å². The molecule has 1 N–H and O–H groups in total. The molecule has 194 valence electrons. The molecule has 0 saturated carbocycles. The molecular weight excluding hydrogens is 462 g/mol. The first-order chi connectivity index (χ1) is 17.4. The van der Waals surface area contributed by atoms with Gasteiger partial charge in [0.2, 0.25) is 0 Å². The monoisotopic (exact) mass is 497 g/mol. The van der Waals surface area contributed by atoms with E-state index < -0.39 is 18.3 Å². The summed E-state index contributed by atoms with van der Waals surface area (Å²) in [4.78, 5) is 24.3. The summed E-state index contributed by atoms with van der Waals surface area (Å²) < 4.78 is 21.9. The van der Waals surface area contributed by atoms with Crippen molar-refractivity contribution in [3.8, 4) is 11.5 Å². The Morgan fingerprint density at radius 3 is 2.61 bits per heavy atom. The van der Waals surface area contributed by atoms with Gasteiger partial charge in [0.05, 0.1) is 32.1 Å². The number of methoxy groups -OCH3 is 1. The molecule has 9 nitrogen and oxygen atoms in total. The topological polar surface area (TPSA) is 98.7 Å². The van der Waals surface area contributed by atoms with E-state index in [0.717, 1.165) is 18.4 Å². The number of piperidine rings is 1. The average molecular weight is 498 g/mol. The van der Waals surface area contributed by atoms with Crippen molar-refractivity contribution >= 4 is 24.0 Å². The highest BCUT2D eigenvalue weighted by Gasteiger charge is 2.24. The number of hydrazone groups is 1. The van der Waals surface area contributed by atoms with E-state index in [1.807, 2.05) is 18.2 Å². The number of carbonyl (C=O) groups is 2. The lowest BCUT2D eigenvalue weighted by atomic mass is 10.1. The third-order valence-electron chi connectivity index (χ3n) is 5.42. The molecular formula is C27H35N3O6. The highest BCUT2D eigenvalue weighted by Crippen LogP contribution is 2.28. The molecule has 0 aliphatic carbocycles. The fraction of sp³-hybridized carbons (Fsp3) is 0.444. The van der Waals surface area contributed by atoms with Gasteiger partial charge in [-0.3, -0.25) is 10.3 Å². The molecule has 1 aliphatic rings. The molecule has 0 radical (unpaired) electrons. The first-order valence-corrected chi connectivity index (χ1v) is 12.3. The average Bonchev–Trinajstić information content (AvgIpc) is 2.87. The Hall–Kier alpha value is -3.75. The van der Waals surface area contributed by atoms with E-state index in [9.17, 15) is 9.59 Å². The van der Waals surface area contributed by atoms with Crippen LogP contribution >= 0.6 is 0 Å². The summed E-state index contributed by atoms with van der Waals surface area (Å²) in [6, 6.07) is 12.1. The number of hydrogen-bond donors (Lipinski definition) is 1. The quantitative estimate of drug-likeness (QED) is 0.351. The van der Waals surface area contributed by atoms with E-state index >= 15 is 0 Å². The van der Waals surface area contributed by atoms with E-state index in [1.165, 1.54) is 0 Å². The number of carbonyl (C=O) groups excluding carboxylic acids is 2. The minimum atomic E-state index is -0.584. The second-order valence-electron chi connectivity index (χ2n) is 8.80. The molecule has 2 aromatic carbocycles. The van der Waals surface area contributed by atoms with E-state index in [1.54, 1.807) is 49.5 Å². The molecule has 1 fully saturated rings. The van der Waals surface area contributed by atoms with Gasteiger partial charge < -0.3 is 18.9 Å². The molecule has 1 saturated heterocycles. The first-order valence-electron chi connectivity index (χ1n) is 12.3. The van der Waals surface area contributed by atoms with Crippen molar-refractivity contribution in [2.45, 2.75) is 46.3 Å². The van der Waals surface area contributed by atoms with Gasteiger partial charge in [-0.15, -0.1) is 0 Å². The van der Waals surface area contributed by atoms with Crippen LogP contribution in [0.4, 0.5) is 10.5 Å². The highest BCUT2D eigenvalue weighted by atomic mass is 16.6. The molecule has 0 spiro atoms. The Labute approximate surface area is 212 Å². The number of nitrogens with one attached hydrogen (secondary N) is 1. The van der Waals surface area contributed by atoms with Gasteiger partial charge in [0.15, 0.2) is 17.7 Å². The van der Waals surface area contributed by atoms with Crippen LogP contribution in [0, 0.1) is 5.92 Å². The summed E-state index contributed by atoms with van der Waals surface area (Å²) in [5, 5.41) is 9.08. The van der Waals surface area contributed by atoms with Crippen molar-refractivity contribution in [2.24, 2.45) is 11.0 Å². The van der Waals surface area contributed by atoms with Gasteiger partial charge in [-0.25, -0.2) is 9.59 Å². The summed E-state index contributed by atoms with van der Waals surface area (Å²) in [5.74, 6) is 1.31. The van der Waals surface area contributed by atoms with Crippen molar-refractivity contribution in [2.75, 3.05) is 32.2 Å². The number of benzene rings is 2. The SMILES string of the molecule is CCOC(=O)c1ccc(NC(=O)OC2CCCCN2N=Cc2ccc(OC)c(OCC(C)C)c2)cc1. The predicted molar refractivity (Wildman–Crippen MR) is 138 cm³/mol. The van der Waals surface area contributed by atoms with Crippen LogP contribution in [-0.4, -0.2) is 56.4 Å². The van der Waals surface area contributed by atoms with Crippen LogP contribution in [-0.2, 0) is 9.47 Å². The smallest absolute Gasteiger partial charge is 0.413 e. The van der Waals surface area contributed by atoms with Crippen LogP contribution in [0.25, 0.3) is 0 Å². The zero-order chi connectivity index (χ0) is 25.9. The third kappa shape index (κ3) is 7.90. The Morgan fingerprint density at radius 1 is 1.14 bits per heavy atom. The third-order valence-corrected chi connectivity index (χ3v) is 5.42. The van der Waals surface area contributed by atoms with E-state index in [-0.39, 0.29) is 0 Å². The second kappa shape index (κ2) is 13.4. The Bertz CT molecular complexity index is 1040. The molecule has 9 heteroatoms. The number of ether oxygens (including phenoxy) is 4. The van der Waals surface area contributed by atoms with Crippen molar-refractivity contribution in [3.05, 3.63) is 53.6 Å². The summed E-state index contributed by atoms with van der Waals surface area (Å²) in [6.07, 6.45) is 3.24. The largest absolute Gasteiger partial charge is 0.493 e. The predicted octanol–water partition coefficient (Wildman–Crippen LogP) is 5.30. The second-order valence-corrected chi connectivity index (χ2v) is 8.80. The van der Waals surface area contributed by atoms with Gasteiger partial charge in [-0.2, -0.15) is 5.10 Å². The number of amides is 1. The fourth-order valence-electron chi connectivity index (χ4n) is 3.60. The maximum Gasteiger partial charge on any atom is 0.413 e. The molecule has 3 rings (SSSR count). The summed E-state index contributed by atoms with van der Waals surface area (Å²) in [7, 11) is 1.61. The van der Waals surface area contributed by atoms with Gasteiger partial charge in [0, 0.05) is 18.7 Å². The van der Waals surface area contributed by atoms with Crippen molar-refractivity contribution in [1.29, 1.82) is 0 Å². The molecule has 0 aromatic heterocycles. The van der Waals surface area contributed by atoms with Gasteiger partial charge >= 0.3 is 12.1 Å². The molecule has 1 heterocycles. The molecule has 0 bridgehead atoms. The van der Waals surface area contributed by atoms with Crippen LogP contribution in [0.15, 0.2) is 47.6 Å². The minimum Gasteiger partial charge on any atom is -0.493 e. The number of nitrogens with zero attached hydrogens (tertiary/aromatic N) is 2. The van der Waals surface area contributed by atoms with Crippen LogP contribution in [0.2, 0.25) is 0 Å². The van der Waals surface area contributed by atoms with Crippen LogP contribution in [0.1, 0.15) is 56.0 Å². The first kappa shape index (κ1) is 26.8. The van der Waals surface area contributed by atoms with Gasteiger partial charge in [0.25, 0.3) is 0 Å². The molecule has 1 aliphatic heterocycles. The molecule has 1 atom stereocenters. The van der Waals surface area contributed by atoms with Gasteiger partial charge in [-0.1, -0.05) is 13.8 Å². The Morgan fingerprint density at radius 2 is 1.92 bits per heavy atom. The lowest BCUT2D eigenvalue weighted by molar-refractivity contribution is -0.0297. The van der Waals surface area contributed by atoms with Crippen molar-refractivity contribution in [3.63, 3.8) is 0 Å². The van der Waals surface area contributed by atoms with Crippen molar-refractivity contribution < 1.29 is 28.5 Å². The zero-order valence-corrected chi connectivity index (χ0v) is 21.4. The maximum absolute atomic E-state index is 12.5. The van der Waals surface area contributed by atoms with Crippen molar-refractivity contribution in [1.82, 2.24) is 5.01 Å². The van der Waals surface area contributed by atoms with Gasteiger partial charge in [0.1, 0.15) is 0 Å². The van der Waals surface area contributed by atoms with E-state index in [2.05, 4.69) is 24.3 Å². The molecule has 36 heavy (non-hydrogen) atoms. The van der Waals surface area contributed by atoms with Gasteiger partial charge in [-0.05, 0) is 73.7 Å². The maximum atomic E-state index is 12.5. The van der Waals surface area contributed by atoms with E-state index in [4.69, 9.17) is 18.9 Å². The zero-order valence-electron chi connectivity index (χ0n) is 21.4. The highest BCUT2D eigenvalue weighted by molar-refractivity contribution is 5.91. The summed E-state index contributed by atoms with van der Waals surface area (Å²) >= 11 is 0. The number of hydrogen-bond acceptors (Lipinski definition) is 8. The lowest BCUT2D eigenvalue weighted by Crippen LogP contribution is -2.40. The molecule has 2 aromatic rings. The van der Waals surface area contributed by atoms with E-state index in [0.29, 0.717) is 54.8 Å². The van der Waals surface area contributed by atoms with Crippen LogP contribution < -0.4 is 14.8 Å². The number of rotatable bonds is 10. The number of anilines is 1. The Kier molecular flexibility index (Phi) is 9.97. The molecule has 1 unspecified atom stereocenters. The minimum absolute atomic E-state index is 0.303. The lowest BCUT2D eigenvalue weighted by Gasteiger charge is -2.32. The van der Waals surface area contributed by atoms with Crippen LogP contribution in [0.5, 0.6) is 11.5 Å².